The van der Waals surface area contributed by atoms with Gasteiger partial charge in [0.15, 0.2) is 11.6 Å². The maximum absolute atomic E-state index is 6.08. The second-order valence-corrected chi connectivity index (χ2v) is 9.78. The van der Waals surface area contributed by atoms with E-state index < -0.39 is 0 Å². The smallest absolute Gasteiger partial charge is 0.163 e. The first-order valence-electron chi connectivity index (χ1n) is 11.8. The average Bonchev–Trinajstić information content (AvgIpc) is 3.27. The van der Waals surface area contributed by atoms with Gasteiger partial charge in [-0.25, -0.2) is 15.0 Å². The van der Waals surface area contributed by atoms with Crippen LogP contribution in [0.1, 0.15) is 26.6 Å². The number of rotatable bonds is 3. The second kappa shape index (κ2) is 8.17. The van der Waals surface area contributed by atoms with E-state index in [0.29, 0.717) is 11.6 Å². The van der Waals surface area contributed by atoms with Crippen LogP contribution in [0.15, 0.2) is 101 Å². The minimum absolute atomic E-state index is 0.195. The lowest BCUT2D eigenvalue weighted by Gasteiger charge is -2.18. The normalized spacial score (nSPS) is 11.9. The summed E-state index contributed by atoms with van der Waals surface area (Å²) in [6, 6.07) is 32.9. The van der Waals surface area contributed by atoms with Crippen LogP contribution in [-0.2, 0) is 5.41 Å². The molecule has 0 unspecified atom stereocenters. The summed E-state index contributed by atoms with van der Waals surface area (Å²) in [5.41, 5.74) is 5.82. The minimum atomic E-state index is -0.195. The molecule has 0 aliphatic rings. The van der Waals surface area contributed by atoms with Crippen molar-refractivity contribution < 1.29 is 4.42 Å². The van der Waals surface area contributed by atoms with E-state index in [1.54, 1.807) is 0 Å². The predicted molar refractivity (Wildman–Crippen MR) is 142 cm³/mol. The quantitative estimate of drug-likeness (QED) is 0.271. The number of benzene rings is 4. The fourth-order valence-electron chi connectivity index (χ4n) is 4.37. The van der Waals surface area contributed by atoms with E-state index in [2.05, 4.69) is 63.2 Å². The summed E-state index contributed by atoms with van der Waals surface area (Å²) >= 11 is 0. The minimum Gasteiger partial charge on any atom is -0.456 e. The third-order valence-electron chi connectivity index (χ3n) is 6.19. The zero-order chi connectivity index (χ0) is 24.0. The molecule has 4 heteroatoms. The second-order valence-electron chi connectivity index (χ2n) is 9.78. The third kappa shape index (κ3) is 3.87. The summed E-state index contributed by atoms with van der Waals surface area (Å²) in [5.74, 6) is 2.15. The number of fused-ring (bicyclic) bond motifs is 3. The summed E-state index contributed by atoms with van der Waals surface area (Å²) in [6.45, 7) is 6.37. The van der Waals surface area contributed by atoms with Gasteiger partial charge in [0, 0.05) is 27.3 Å². The van der Waals surface area contributed by atoms with Gasteiger partial charge in [0.25, 0.3) is 0 Å². The van der Waals surface area contributed by atoms with Gasteiger partial charge in [0.05, 0.1) is 0 Å². The highest BCUT2D eigenvalue weighted by Crippen LogP contribution is 2.37. The van der Waals surface area contributed by atoms with Gasteiger partial charge in [0.2, 0.25) is 0 Å². The van der Waals surface area contributed by atoms with Crippen molar-refractivity contribution in [2.24, 2.45) is 0 Å². The first-order valence-corrected chi connectivity index (χ1v) is 11.8. The van der Waals surface area contributed by atoms with Crippen LogP contribution in [0.3, 0.4) is 0 Å². The Kier molecular flexibility index (Phi) is 4.96. The number of aromatic nitrogens is 3. The maximum Gasteiger partial charge on any atom is 0.163 e. The van der Waals surface area contributed by atoms with Gasteiger partial charge >= 0.3 is 0 Å². The van der Waals surface area contributed by atoms with Crippen molar-refractivity contribution in [2.75, 3.05) is 0 Å². The van der Waals surface area contributed by atoms with Crippen LogP contribution in [0.25, 0.3) is 55.8 Å². The number of hydrogen-bond acceptors (Lipinski definition) is 4. The first kappa shape index (κ1) is 21.2. The molecule has 0 spiro atoms. The van der Waals surface area contributed by atoms with Crippen LogP contribution >= 0.6 is 0 Å². The molecule has 2 aromatic heterocycles. The molecule has 35 heavy (non-hydrogen) atoms. The number of hydrogen-bond donors (Lipinski definition) is 0. The van der Waals surface area contributed by atoms with Gasteiger partial charge in [-0.2, -0.15) is 0 Å². The van der Waals surface area contributed by atoms with E-state index in [1.165, 1.54) is 0 Å². The lowest BCUT2D eigenvalue weighted by Crippen LogP contribution is -2.18. The molecule has 0 fully saturated rings. The Morgan fingerprint density at radius 2 is 1.14 bits per heavy atom. The van der Waals surface area contributed by atoms with Gasteiger partial charge in [-0.3, -0.25) is 0 Å². The van der Waals surface area contributed by atoms with Crippen LogP contribution in [0, 0.1) is 0 Å². The Bertz CT molecular complexity index is 1660. The molecule has 6 rings (SSSR count). The molecule has 4 nitrogen and oxygen atoms in total. The Morgan fingerprint density at radius 1 is 0.543 bits per heavy atom. The summed E-state index contributed by atoms with van der Waals surface area (Å²) in [7, 11) is 0. The van der Waals surface area contributed by atoms with Crippen molar-refractivity contribution >= 4 is 21.9 Å². The number of nitrogens with zero attached hydrogens (tertiary/aromatic N) is 3. The first-order chi connectivity index (χ1) is 17.0. The molecule has 0 saturated heterocycles. The van der Waals surface area contributed by atoms with Crippen LogP contribution < -0.4 is 0 Å². The van der Waals surface area contributed by atoms with Crippen molar-refractivity contribution in [1.82, 2.24) is 15.0 Å². The zero-order valence-electron chi connectivity index (χ0n) is 20.0. The molecule has 170 valence electrons. The molecule has 0 atom stereocenters. The van der Waals surface area contributed by atoms with Gasteiger partial charge < -0.3 is 4.42 Å². The average molecular weight is 456 g/mol. The molecule has 0 saturated carbocycles. The molecule has 4 aromatic carbocycles. The monoisotopic (exact) mass is 455 g/mol. The fourth-order valence-corrected chi connectivity index (χ4v) is 4.37. The maximum atomic E-state index is 6.08. The van der Waals surface area contributed by atoms with Gasteiger partial charge in [-0.05, 0) is 23.3 Å². The third-order valence-corrected chi connectivity index (χ3v) is 6.19. The van der Waals surface area contributed by atoms with Gasteiger partial charge in [-0.1, -0.05) is 106 Å². The Balaban J connectivity index is 1.46. The SMILES string of the molecule is CC(C)(C)c1nc(-c2ccccc2)nc(-c2ccc(-c3cccc4oc5ccccc5c34)cc2)n1. The molecule has 2 heterocycles. The largest absolute Gasteiger partial charge is 0.456 e. The van der Waals surface area contributed by atoms with E-state index in [0.717, 1.165) is 50.0 Å². The van der Waals surface area contributed by atoms with E-state index in [-0.39, 0.29) is 5.41 Å². The number of furan rings is 1. The highest BCUT2D eigenvalue weighted by molar-refractivity contribution is 6.12. The lowest BCUT2D eigenvalue weighted by atomic mass is 9.95. The van der Waals surface area contributed by atoms with E-state index >= 15 is 0 Å². The van der Waals surface area contributed by atoms with Gasteiger partial charge in [0.1, 0.15) is 17.0 Å². The van der Waals surface area contributed by atoms with Gasteiger partial charge in [-0.15, -0.1) is 0 Å². The highest BCUT2D eigenvalue weighted by Gasteiger charge is 2.21. The van der Waals surface area contributed by atoms with E-state index in [1.807, 2.05) is 54.6 Å². The highest BCUT2D eigenvalue weighted by atomic mass is 16.3. The summed E-state index contributed by atoms with van der Waals surface area (Å²) < 4.78 is 6.08. The Hall–Kier alpha value is -4.31. The molecule has 0 bridgehead atoms. The molecule has 6 aromatic rings. The van der Waals surface area contributed by atoms with Crippen molar-refractivity contribution in [3.05, 3.63) is 103 Å². The topological polar surface area (TPSA) is 51.8 Å². The van der Waals surface area contributed by atoms with Crippen LogP contribution in [0.2, 0.25) is 0 Å². The molecule has 0 radical (unpaired) electrons. The molecule has 0 amide bonds. The lowest BCUT2D eigenvalue weighted by molar-refractivity contribution is 0.543. The number of para-hydroxylation sites is 1. The molecule has 0 N–H and O–H groups in total. The zero-order valence-corrected chi connectivity index (χ0v) is 20.0. The van der Waals surface area contributed by atoms with Crippen molar-refractivity contribution in [1.29, 1.82) is 0 Å². The molecule has 0 aliphatic heterocycles. The van der Waals surface area contributed by atoms with E-state index in [4.69, 9.17) is 19.4 Å². The standard InChI is InChI=1S/C31H25N3O/c1-31(2,3)30-33-28(21-10-5-4-6-11-21)32-29(34-30)22-18-16-20(17-19-22)23-13-9-15-26-27(23)24-12-7-8-14-25(24)35-26/h4-19H,1-3H3. The molecular formula is C31H25N3O. The van der Waals surface area contributed by atoms with Crippen LogP contribution in [-0.4, -0.2) is 15.0 Å². The molecular weight excluding hydrogens is 430 g/mol. The summed E-state index contributed by atoms with van der Waals surface area (Å²) in [5, 5.41) is 2.26. The van der Waals surface area contributed by atoms with Crippen molar-refractivity contribution in [3.8, 4) is 33.9 Å². The predicted octanol–water partition coefficient (Wildman–Crippen LogP) is 8.07. The Labute approximate surface area is 204 Å². The summed E-state index contributed by atoms with van der Waals surface area (Å²) in [6.07, 6.45) is 0. The van der Waals surface area contributed by atoms with Crippen LogP contribution in [0.5, 0.6) is 0 Å². The fraction of sp³-hybridized carbons (Fsp3) is 0.129. The summed E-state index contributed by atoms with van der Waals surface area (Å²) in [4.78, 5) is 14.5. The van der Waals surface area contributed by atoms with Crippen molar-refractivity contribution in [3.63, 3.8) is 0 Å². The molecule has 0 aliphatic carbocycles. The van der Waals surface area contributed by atoms with E-state index in [9.17, 15) is 0 Å². The Morgan fingerprint density at radius 3 is 1.86 bits per heavy atom. The van der Waals surface area contributed by atoms with Crippen LogP contribution in [0.4, 0.5) is 0 Å². The van der Waals surface area contributed by atoms with Crippen molar-refractivity contribution in [2.45, 2.75) is 26.2 Å².